The van der Waals surface area contributed by atoms with Crippen molar-refractivity contribution in [3.05, 3.63) is 59.7 Å². The van der Waals surface area contributed by atoms with Crippen molar-refractivity contribution in [2.24, 2.45) is 0 Å². The Kier molecular flexibility index (Phi) is 7.27. The van der Waals surface area contributed by atoms with Crippen LogP contribution in [-0.2, 0) is 14.3 Å². The molecule has 0 aliphatic heterocycles. The molecule has 0 aliphatic rings. The van der Waals surface area contributed by atoms with Gasteiger partial charge in [-0.25, -0.2) is 4.79 Å². The number of methoxy groups -OCH3 is 1. The number of nitrogens with one attached hydrogen (secondary N) is 1. The van der Waals surface area contributed by atoms with Crippen LogP contribution in [0, 0.1) is 0 Å². The molecule has 0 radical (unpaired) electrons. The van der Waals surface area contributed by atoms with Gasteiger partial charge in [0.05, 0.1) is 19.2 Å². The Balaban J connectivity index is 1.81. The minimum atomic E-state index is -0.694. The summed E-state index contributed by atoms with van der Waals surface area (Å²) < 4.78 is 10.0. The molecule has 2 aromatic rings. The van der Waals surface area contributed by atoms with E-state index in [1.807, 2.05) is 0 Å². The van der Waals surface area contributed by atoms with Gasteiger partial charge in [0.25, 0.3) is 5.91 Å². The number of aldehydes is 1. The van der Waals surface area contributed by atoms with E-state index in [9.17, 15) is 19.2 Å². The van der Waals surface area contributed by atoms with E-state index < -0.39 is 24.4 Å². The number of anilines is 1. The average molecular weight is 384 g/mol. The topological polar surface area (TPSA) is 102 Å². The molecule has 2 amide bonds. The normalized spacial score (nSPS) is 9.93. The standard InChI is InChI=1S/C20H20N2O6/c1-22(11-18(24)21-16-4-3-5-17(10-16)27-2)19(25)13-28-20(26)15-8-6-14(12-23)7-9-15/h3-10,12H,11,13H2,1-2H3,(H,21,24). The molecular formula is C20H20N2O6. The molecule has 28 heavy (non-hydrogen) atoms. The average Bonchev–Trinajstić information content (AvgIpc) is 2.71. The summed E-state index contributed by atoms with van der Waals surface area (Å²) in [6, 6.07) is 12.6. The van der Waals surface area contributed by atoms with Gasteiger partial charge in [-0.3, -0.25) is 14.4 Å². The van der Waals surface area contributed by atoms with Gasteiger partial charge in [-0.15, -0.1) is 0 Å². The number of ether oxygens (including phenoxy) is 2. The number of nitrogens with zero attached hydrogens (tertiary/aromatic N) is 1. The van der Waals surface area contributed by atoms with Crippen LogP contribution in [0.5, 0.6) is 5.75 Å². The smallest absolute Gasteiger partial charge is 0.338 e. The fraction of sp³-hybridized carbons (Fsp3) is 0.200. The Hall–Kier alpha value is -3.68. The maximum atomic E-state index is 12.1. The lowest BCUT2D eigenvalue weighted by Crippen LogP contribution is -2.37. The second kappa shape index (κ2) is 9.86. The lowest BCUT2D eigenvalue weighted by atomic mass is 10.1. The van der Waals surface area contributed by atoms with Crippen molar-refractivity contribution < 1.29 is 28.7 Å². The maximum absolute atomic E-state index is 12.1. The molecular weight excluding hydrogens is 364 g/mol. The highest BCUT2D eigenvalue weighted by molar-refractivity contribution is 5.95. The number of hydrogen-bond acceptors (Lipinski definition) is 6. The van der Waals surface area contributed by atoms with Crippen molar-refractivity contribution in [1.29, 1.82) is 0 Å². The minimum absolute atomic E-state index is 0.207. The summed E-state index contributed by atoms with van der Waals surface area (Å²) in [6.07, 6.45) is 0.657. The maximum Gasteiger partial charge on any atom is 0.338 e. The Morgan fingerprint density at radius 1 is 1.11 bits per heavy atom. The van der Waals surface area contributed by atoms with E-state index in [4.69, 9.17) is 9.47 Å². The molecule has 8 heteroatoms. The van der Waals surface area contributed by atoms with E-state index in [0.717, 1.165) is 4.90 Å². The molecule has 0 fully saturated rings. The van der Waals surface area contributed by atoms with Crippen LogP contribution in [0.1, 0.15) is 20.7 Å². The molecule has 0 bridgehead atoms. The van der Waals surface area contributed by atoms with Crippen LogP contribution in [0.25, 0.3) is 0 Å². The van der Waals surface area contributed by atoms with E-state index in [2.05, 4.69) is 5.32 Å². The van der Waals surface area contributed by atoms with Crippen LogP contribution in [-0.4, -0.2) is 56.3 Å². The predicted octanol–water partition coefficient (Wildman–Crippen LogP) is 1.76. The third kappa shape index (κ3) is 5.94. The number of rotatable bonds is 8. The highest BCUT2D eigenvalue weighted by Gasteiger charge is 2.16. The van der Waals surface area contributed by atoms with Gasteiger partial charge >= 0.3 is 5.97 Å². The third-order valence-corrected chi connectivity index (χ3v) is 3.77. The first-order valence-corrected chi connectivity index (χ1v) is 8.33. The monoisotopic (exact) mass is 384 g/mol. The largest absolute Gasteiger partial charge is 0.497 e. The summed E-state index contributed by atoms with van der Waals surface area (Å²) in [5.41, 5.74) is 1.18. The van der Waals surface area contributed by atoms with Crippen LogP contribution in [0.15, 0.2) is 48.5 Å². The van der Waals surface area contributed by atoms with E-state index in [1.165, 1.54) is 38.4 Å². The van der Waals surface area contributed by atoms with E-state index in [-0.39, 0.29) is 12.1 Å². The Morgan fingerprint density at radius 3 is 2.46 bits per heavy atom. The molecule has 0 heterocycles. The first kappa shape index (κ1) is 20.6. The van der Waals surface area contributed by atoms with Crippen LogP contribution in [0.4, 0.5) is 5.69 Å². The summed E-state index contributed by atoms with van der Waals surface area (Å²) >= 11 is 0. The summed E-state index contributed by atoms with van der Waals surface area (Å²) in [7, 11) is 2.95. The zero-order chi connectivity index (χ0) is 20.5. The molecule has 2 rings (SSSR count). The third-order valence-electron chi connectivity index (χ3n) is 3.77. The lowest BCUT2D eigenvalue weighted by molar-refractivity contribution is -0.136. The van der Waals surface area contributed by atoms with Crippen LogP contribution in [0.2, 0.25) is 0 Å². The van der Waals surface area contributed by atoms with Gasteiger partial charge in [0, 0.05) is 24.4 Å². The van der Waals surface area contributed by atoms with Gasteiger partial charge in [0.1, 0.15) is 12.0 Å². The summed E-state index contributed by atoms with van der Waals surface area (Å²) in [5, 5.41) is 2.65. The summed E-state index contributed by atoms with van der Waals surface area (Å²) in [5.74, 6) is -1.03. The number of likely N-dealkylation sites (N-methyl/N-ethyl adjacent to an activating group) is 1. The van der Waals surface area contributed by atoms with Gasteiger partial charge < -0.3 is 19.7 Å². The Morgan fingerprint density at radius 2 is 1.82 bits per heavy atom. The summed E-state index contributed by atoms with van der Waals surface area (Å²) in [6.45, 7) is -0.709. The van der Waals surface area contributed by atoms with Gasteiger partial charge in [-0.2, -0.15) is 0 Å². The molecule has 8 nitrogen and oxygen atoms in total. The van der Waals surface area contributed by atoms with Crippen molar-refractivity contribution in [3.63, 3.8) is 0 Å². The molecule has 0 saturated carbocycles. The molecule has 2 aromatic carbocycles. The van der Waals surface area contributed by atoms with Gasteiger partial charge in [-0.1, -0.05) is 18.2 Å². The van der Waals surface area contributed by atoms with Crippen LogP contribution < -0.4 is 10.1 Å². The van der Waals surface area contributed by atoms with E-state index >= 15 is 0 Å². The van der Waals surface area contributed by atoms with Crippen molar-refractivity contribution in [2.45, 2.75) is 0 Å². The SMILES string of the molecule is COc1cccc(NC(=O)CN(C)C(=O)COC(=O)c2ccc(C=O)cc2)c1. The number of carbonyl (C=O) groups excluding carboxylic acids is 4. The molecule has 0 atom stereocenters. The van der Waals surface area contributed by atoms with Crippen LogP contribution >= 0.6 is 0 Å². The highest BCUT2D eigenvalue weighted by atomic mass is 16.5. The summed E-state index contributed by atoms with van der Waals surface area (Å²) in [4.78, 5) is 47.8. The van der Waals surface area contributed by atoms with E-state index in [1.54, 1.807) is 24.3 Å². The van der Waals surface area contributed by atoms with Gasteiger partial charge in [-0.05, 0) is 24.3 Å². The zero-order valence-corrected chi connectivity index (χ0v) is 15.5. The van der Waals surface area contributed by atoms with Gasteiger partial charge in [0.15, 0.2) is 6.61 Å². The van der Waals surface area contributed by atoms with Crippen molar-refractivity contribution in [3.8, 4) is 5.75 Å². The first-order chi connectivity index (χ1) is 13.4. The predicted molar refractivity (Wildman–Crippen MR) is 101 cm³/mol. The highest BCUT2D eigenvalue weighted by Crippen LogP contribution is 2.16. The molecule has 0 spiro atoms. The number of esters is 1. The quantitative estimate of drug-likeness (QED) is 0.550. The first-order valence-electron chi connectivity index (χ1n) is 8.33. The van der Waals surface area contributed by atoms with Crippen molar-refractivity contribution in [2.75, 3.05) is 32.6 Å². The fourth-order valence-corrected chi connectivity index (χ4v) is 2.22. The second-order valence-corrected chi connectivity index (χ2v) is 5.85. The van der Waals surface area contributed by atoms with Gasteiger partial charge in [0.2, 0.25) is 5.91 Å². The molecule has 146 valence electrons. The number of hydrogen-bond donors (Lipinski definition) is 1. The lowest BCUT2D eigenvalue weighted by Gasteiger charge is -2.17. The minimum Gasteiger partial charge on any atom is -0.497 e. The van der Waals surface area contributed by atoms with Crippen molar-refractivity contribution in [1.82, 2.24) is 4.90 Å². The molecule has 0 saturated heterocycles. The molecule has 0 aliphatic carbocycles. The number of carbonyl (C=O) groups is 4. The van der Waals surface area contributed by atoms with E-state index in [0.29, 0.717) is 23.3 Å². The molecule has 1 N–H and O–H groups in total. The number of amides is 2. The Bertz CT molecular complexity index is 863. The number of benzene rings is 2. The second-order valence-electron chi connectivity index (χ2n) is 5.85. The van der Waals surface area contributed by atoms with Crippen molar-refractivity contribution >= 4 is 29.8 Å². The fourth-order valence-electron chi connectivity index (χ4n) is 2.22. The Labute approximate surface area is 162 Å². The molecule has 0 unspecified atom stereocenters. The van der Waals surface area contributed by atoms with Crippen LogP contribution in [0.3, 0.4) is 0 Å². The molecule has 0 aromatic heterocycles. The zero-order valence-electron chi connectivity index (χ0n) is 15.5.